The average molecular weight is 390 g/mol. The normalized spacial score (nSPS) is 25.6. The number of fused-ring (bicyclic) bond motifs is 1. The van der Waals surface area contributed by atoms with Gasteiger partial charge in [-0.15, -0.1) is 0 Å². The van der Waals surface area contributed by atoms with Crippen molar-refractivity contribution in [1.29, 1.82) is 0 Å². The van der Waals surface area contributed by atoms with E-state index in [0.717, 1.165) is 62.7 Å². The molecule has 2 aliphatic heterocycles. The second-order valence-electron chi connectivity index (χ2n) is 8.40. The van der Waals surface area contributed by atoms with Crippen LogP contribution in [0, 0.1) is 5.92 Å². The molecular weight excluding hydrogens is 359 g/mol. The summed E-state index contributed by atoms with van der Waals surface area (Å²) in [6.07, 6.45) is 7.82. The molecule has 28 heavy (non-hydrogen) atoms. The van der Waals surface area contributed by atoms with Crippen molar-refractivity contribution in [3.8, 4) is 11.5 Å². The first-order valence-corrected chi connectivity index (χ1v) is 10.7. The first kappa shape index (κ1) is 19.5. The Labute approximate surface area is 166 Å². The van der Waals surface area contributed by atoms with Gasteiger partial charge in [0.25, 0.3) is 5.91 Å². The lowest BCUT2D eigenvalue weighted by Gasteiger charge is -2.34. The van der Waals surface area contributed by atoms with E-state index >= 15 is 0 Å². The number of carbonyl (C=O) groups excluding carboxylic acids is 1. The second kappa shape index (κ2) is 9.12. The predicted molar refractivity (Wildman–Crippen MR) is 105 cm³/mol. The standard InChI is InChI=1S/C22H31FN2O3/c23-14-21(26)24-18-6-4-16(5-7-18)8-11-25-12-9-17(10-13-25)19-2-1-3-20-22(19)28-15-27-20/h1-3,16-18H,4-15H2,(H,24,26). The highest BCUT2D eigenvalue weighted by molar-refractivity contribution is 5.77. The fraction of sp³-hybridized carbons (Fsp3) is 0.682. The maximum Gasteiger partial charge on any atom is 0.251 e. The Morgan fingerprint density at radius 2 is 1.89 bits per heavy atom. The monoisotopic (exact) mass is 390 g/mol. The number of halogens is 1. The summed E-state index contributed by atoms with van der Waals surface area (Å²) in [5.74, 6) is 2.67. The number of rotatable bonds is 6. The van der Waals surface area contributed by atoms with Crippen molar-refractivity contribution >= 4 is 5.91 Å². The van der Waals surface area contributed by atoms with E-state index in [0.29, 0.717) is 12.7 Å². The maximum absolute atomic E-state index is 12.3. The lowest BCUT2D eigenvalue weighted by molar-refractivity contribution is -0.122. The van der Waals surface area contributed by atoms with Gasteiger partial charge in [-0.2, -0.15) is 0 Å². The van der Waals surface area contributed by atoms with Crippen LogP contribution in [-0.4, -0.2) is 50.0 Å². The van der Waals surface area contributed by atoms with Gasteiger partial charge in [-0.1, -0.05) is 12.1 Å². The van der Waals surface area contributed by atoms with Crippen LogP contribution in [0.25, 0.3) is 0 Å². The summed E-state index contributed by atoms with van der Waals surface area (Å²) in [7, 11) is 0. The molecule has 1 amide bonds. The largest absolute Gasteiger partial charge is 0.454 e. The molecule has 0 radical (unpaired) electrons. The molecule has 0 spiro atoms. The van der Waals surface area contributed by atoms with Crippen molar-refractivity contribution in [2.45, 2.75) is 56.9 Å². The summed E-state index contributed by atoms with van der Waals surface area (Å²) in [6, 6.07) is 6.42. The summed E-state index contributed by atoms with van der Waals surface area (Å²) in [5.41, 5.74) is 1.31. The molecule has 4 rings (SSSR count). The van der Waals surface area contributed by atoms with E-state index in [1.807, 2.05) is 6.07 Å². The van der Waals surface area contributed by atoms with Gasteiger partial charge in [-0.25, -0.2) is 4.39 Å². The number of para-hydroxylation sites is 1. The molecule has 1 saturated heterocycles. The number of carbonyl (C=O) groups is 1. The SMILES string of the molecule is O=C(CF)NC1CCC(CCN2CCC(c3cccc4c3OCO4)CC2)CC1. The maximum atomic E-state index is 12.3. The number of nitrogens with one attached hydrogen (secondary N) is 1. The molecule has 3 aliphatic rings. The smallest absolute Gasteiger partial charge is 0.251 e. The van der Waals surface area contributed by atoms with E-state index in [4.69, 9.17) is 9.47 Å². The number of piperidine rings is 1. The van der Waals surface area contributed by atoms with E-state index in [9.17, 15) is 9.18 Å². The molecule has 1 aliphatic carbocycles. The Morgan fingerprint density at radius 3 is 2.64 bits per heavy atom. The number of amides is 1. The van der Waals surface area contributed by atoms with Gasteiger partial charge in [-0.05, 0) is 82.5 Å². The third kappa shape index (κ3) is 4.59. The highest BCUT2D eigenvalue weighted by atomic mass is 19.1. The topological polar surface area (TPSA) is 50.8 Å². The quantitative estimate of drug-likeness (QED) is 0.806. The summed E-state index contributed by atoms with van der Waals surface area (Å²) in [6.45, 7) is 2.87. The van der Waals surface area contributed by atoms with E-state index in [1.54, 1.807) is 0 Å². The average Bonchev–Trinajstić information content (AvgIpc) is 3.22. The number of benzene rings is 1. The zero-order chi connectivity index (χ0) is 19.3. The number of alkyl halides is 1. The van der Waals surface area contributed by atoms with Gasteiger partial charge in [0, 0.05) is 11.6 Å². The number of hydrogen-bond acceptors (Lipinski definition) is 4. The fourth-order valence-electron chi connectivity index (χ4n) is 4.97. The number of ether oxygens (including phenoxy) is 2. The molecule has 2 fully saturated rings. The van der Waals surface area contributed by atoms with Crippen molar-refractivity contribution in [3.63, 3.8) is 0 Å². The molecular formula is C22H31FN2O3. The van der Waals surface area contributed by atoms with Crippen LogP contribution in [0.2, 0.25) is 0 Å². The Balaban J connectivity index is 1.18. The lowest BCUT2D eigenvalue weighted by atomic mass is 9.83. The molecule has 0 bridgehead atoms. The zero-order valence-corrected chi connectivity index (χ0v) is 16.5. The zero-order valence-electron chi connectivity index (χ0n) is 16.5. The van der Waals surface area contributed by atoms with Crippen molar-refractivity contribution in [1.82, 2.24) is 10.2 Å². The first-order chi connectivity index (χ1) is 13.7. The lowest BCUT2D eigenvalue weighted by Crippen LogP contribution is -2.39. The number of hydrogen-bond donors (Lipinski definition) is 1. The highest BCUT2D eigenvalue weighted by Crippen LogP contribution is 2.42. The Kier molecular flexibility index (Phi) is 6.35. The van der Waals surface area contributed by atoms with Crippen molar-refractivity contribution < 1.29 is 18.7 Å². The minimum atomic E-state index is -0.902. The molecule has 1 N–H and O–H groups in total. The van der Waals surface area contributed by atoms with Crippen LogP contribution in [0.4, 0.5) is 4.39 Å². The minimum absolute atomic E-state index is 0.175. The van der Waals surface area contributed by atoms with E-state index in [2.05, 4.69) is 22.3 Å². The molecule has 0 unspecified atom stereocenters. The van der Waals surface area contributed by atoms with E-state index in [-0.39, 0.29) is 6.04 Å². The molecule has 0 aromatic heterocycles. The Hall–Kier alpha value is -1.82. The van der Waals surface area contributed by atoms with Crippen LogP contribution in [0.3, 0.4) is 0 Å². The highest BCUT2D eigenvalue weighted by Gasteiger charge is 2.28. The van der Waals surface area contributed by atoms with Crippen molar-refractivity contribution in [2.24, 2.45) is 5.92 Å². The van der Waals surface area contributed by atoms with Crippen LogP contribution in [-0.2, 0) is 4.79 Å². The van der Waals surface area contributed by atoms with Gasteiger partial charge in [0.2, 0.25) is 6.79 Å². The molecule has 1 saturated carbocycles. The second-order valence-corrected chi connectivity index (χ2v) is 8.40. The van der Waals surface area contributed by atoms with Crippen LogP contribution in [0.5, 0.6) is 11.5 Å². The molecule has 1 aromatic rings. The predicted octanol–water partition coefficient (Wildman–Crippen LogP) is 3.63. The Bertz CT molecular complexity index is 668. The van der Waals surface area contributed by atoms with Gasteiger partial charge in [0.05, 0.1) is 0 Å². The van der Waals surface area contributed by atoms with Gasteiger partial charge >= 0.3 is 0 Å². The number of likely N-dealkylation sites (tertiary alicyclic amines) is 1. The molecule has 1 aromatic carbocycles. The molecule has 0 atom stereocenters. The van der Waals surface area contributed by atoms with Gasteiger partial charge in [0.1, 0.15) is 0 Å². The van der Waals surface area contributed by atoms with E-state index in [1.165, 1.54) is 24.8 Å². The summed E-state index contributed by atoms with van der Waals surface area (Å²) in [5, 5.41) is 2.79. The fourth-order valence-corrected chi connectivity index (χ4v) is 4.97. The van der Waals surface area contributed by atoms with E-state index < -0.39 is 12.6 Å². The van der Waals surface area contributed by atoms with Crippen molar-refractivity contribution in [2.75, 3.05) is 33.1 Å². The summed E-state index contributed by atoms with van der Waals surface area (Å²) < 4.78 is 23.5. The van der Waals surface area contributed by atoms with Crippen molar-refractivity contribution in [3.05, 3.63) is 23.8 Å². The van der Waals surface area contributed by atoms with Gasteiger partial charge in [-0.3, -0.25) is 4.79 Å². The van der Waals surface area contributed by atoms with Crippen LogP contribution in [0.15, 0.2) is 18.2 Å². The first-order valence-electron chi connectivity index (χ1n) is 10.7. The molecule has 5 nitrogen and oxygen atoms in total. The van der Waals surface area contributed by atoms with Gasteiger partial charge in [0.15, 0.2) is 18.2 Å². The van der Waals surface area contributed by atoms with Crippen LogP contribution in [0.1, 0.15) is 56.4 Å². The molecule has 154 valence electrons. The third-order valence-electron chi connectivity index (χ3n) is 6.64. The molecule has 6 heteroatoms. The van der Waals surface area contributed by atoms with Gasteiger partial charge < -0.3 is 19.7 Å². The summed E-state index contributed by atoms with van der Waals surface area (Å²) >= 11 is 0. The third-order valence-corrected chi connectivity index (χ3v) is 6.64. The van der Waals surface area contributed by atoms with Crippen LogP contribution < -0.4 is 14.8 Å². The number of nitrogens with zero attached hydrogens (tertiary/aromatic N) is 1. The summed E-state index contributed by atoms with van der Waals surface area (Å²) in [4.78, 5) is 13.8. The molecule has 2 heterocycles. The Morgan fingerprint density at radius 1 is 1.11 bits per heavy atom. The van der Waals surface area contributed by atoms with Crippen LogP contribution >= 0.6 is 0 Å². The minimum Gasteiger partial charge on any atom is -0.454 e.